The molecule has 1 aromatic carbocycles. The van der Waals surface area contributed by atoms with Crippen LogP contribution in [0.4, 0.5) is 5.69 Å². The first kappa shape index (κ1) is 17.4. The molecule has 0 aliphatic carbocycles. The molecule has 25 heavy (non-hydrogen) atoms. The number of anilines is 1. The molecule has 3 rings (SSSR count). The molecule has 2 amide bonds. The van der Waals surface area contributed by atoms with Gasteiger partial charge in [-0.25, -0.2) is 0 Å². The normalized spacial score (nSPS) is 17.0. The molecule has 2 aromatic rings. The maximum Gasteiger partial charge on any atom is 0.229 e. The van der Waals surface area contributed by atoms with Gasteiger partial charge in [-0.3, -0.25) is 14.6 Å². The van der Waals surface area contributed by atoms with Crippen molar-refractivity contribution in [3.05, 3.63) is 58.4 Å². The predicted octanol–water partition coefficient (Wildman–Crippen LogP) is 3.34. The van der Waals surface area contributed by atoms with Crippen LogP contribution in [0.1, 0.15) is 23.2 Å². The molecule has 0 saturated carbocycles. The predicted molar refractivity (Wildman–Crippen MR) is 97.3 cm³/mol. The lowest BCUT2D eigenvalue weighted by atomic mass is 10.1. The van der Waals surface area contributed by atoms with E-state index in [-0.39, 0.29) is 24.2 Å². The van der Waals surface area contributed by atoms with E-state index in [4.69, 9.17) is 11.6 Å². The van der Waals surface area contributed by atoms with Crippen LogP contribution >= 0.6 is 11.6 Å². The van der Waals surface area contributed by atoms with Crippen molar-refractivity contribution in [2.75, 3.05) is 11.9 Å². The van der Waals surface area contributed by atoms with Crippen molar-refractivity contribution in [2.45, 2.75) is 26.8 Å². The van der Waals surface area contributed by atoms with E-state index >= 15 is 0 Å². The monoisotopic (exact) mass is 357 g/mol. The third-order valence-corrected chi connectivity index (χ3v) is 4.64. The molecule has 1 unspecified atom stereocenters. The van der Waals surface area contributed by atoms with Crippen molar-refractivity contribution in [3.63, 3.8) is 0 Å². The molecular weight excluding hydrogens is 338 g/mol. The lowest BCUT2D eigenvalue weighted by Gasteiger charge is -2.17. The Hall–Kier alpha value is -2.40. The lowest BCUT2D eigenvalue weighted by Crippen LogP contribution is -2.28. The zero-order chi connectivity index (χ0) is 18.0. The molecule has 1 aromatic heterocycles. The number of pyridine rings is 1. The van der Waals surface area contributed by atoms with E-state index in [1.807, 2.05) is 44.2 Å². The largest absolute Gasteiger partial charge is 0.336 e. The van der Waals surface area contributed by atoms with Crippen LogP contribution in [0.2, 0.25) is 5.02 Å². The number of rotatable bonds is 4. The number of hydrogen-bond acceptors (Lipinski definition) is 3. The topological polar surface area (TPSA) is 62.3 Å². The van der Waals surface area contributed by atoms with Crippen molar-refractivity contribution in [1.29, 1.82) is 0 Å². The van der Waals surface area contributed by atoms with Crippen LogP contribution in [0.25, 0.3) is 0 Å². The summed E-state index contributed by atoms with van der Waals surface area (Å²) in [6, 6.07) is 9.37. The van der Waals surface area contributed by atoms with Gasteiger partial charge in [0.15, 0.2) is 0 Å². The number of likely N-dealkylation sites (tertiary alicyclic amines) is 1. The van der Waals surface area contributed by atoms with Crippen molar-refractivity contribution in [1.82, 2.24) is 9.88 Å². The molecule has 1 N–H and O–H groups in total. The highest BCUT2D eigenvalue weighted by molar-refractivity contribution is 6.34. The van der Waals surface area contributed by atoms with Crippen LogP contribution < -0.4 is 5.32 Å². The van der Waals surface area contributed by atoms with Crippen LogP contribution in [-0.2, 0) is 16.1 Å². The molecular formula is C19H20ClN3O2. The van der Waals surface area contributed by atoms with Gasteiger partial charge in [-0.1, -0.05) is 23.7 Å². The smallest absolute Gasteiger partial charge is 0.229 e. The minimum Gasteiger partial charge on any atom is -0.336 e. The Labute approximate surface area is 152 Å². The summed E-state index contributed by atoms with van der Waals surface area (Å²) in [6.07, 6.45) is 1.91. The second-order valence-corrected chi connectivity index (χ2v) is 6.83. The van der Waals surface area contributed by atoms with E-state index in [1.165, 1.54) is 0 Å². The highest BCUT2D eigenvalue weighted by atomic mass is 35.5. The number of aryl methyl sites for hydroxylation is 2. The number of nitrogens with zero attached hydrogens (tertiary/aromatic N) is 2. The molecule has 0 spiro atoms. The Morgan fingerprint density at radius 1 is 1.36 bits per heavy atom. The Bertz CT molecular complexity index is 785. The van der Waals surface area contributed by atoms with E-state index in [0.717, 1.165) is 16.8 Å². The molecule has 2 heterocycles. The molecule has 1 fully saturated rings. The zero-order valence-corrected chi connectivity index (χ0v) is 15.0. The molecule has 5 nitrogen and oxygen atoms in total. The fraction of sp³-hybridized carbons (Fsp3) is 0.316. The highest BCUT2D eigenvalue weighted by Crippen LogP contribution is 2.29. The van der Waals surface area contributed by atoms with Crippen LogP contribution in [-0.4, -0.2) is 28.2 Å². The second-order valence-electron chi connectivity index (χ2n) is 6.42. The van der Waals surface area contributed by atoms with Gasteiger partial charge in [0.2, 0.25) is 11.8 Å². The summed E-state index contributed by atoms with van der Waals surface area (Å²) in [5, 5.41) is 3.40. The average Bonchev–Trinajstić information content (AvgIpc) is 2.92. The quantitative estimate of drug-likeness (QED) is 0.912. The first-order chi connectivity index (χ1) is 11.9. The second kappa shape index (κ2) is 7.23. The van der Waals surface area contributed by atoms with Gasteiger partial charge in [0, 0.05) is 19.2 Å². The van der Waals surface area contributed by atoms with Gasteiger partial charge in [0.05, 0.1) is 28.9 Å². The van der Waals surface area contributed by atoms with Crippen LogP contribution in [0.15, 0.2) is 36.5 Å². The average molecular weight is 358 g/mol. The summed E-state index contributed by atoms with van der Waals surface area (Å²) < 4.78 is 0. The maximum absolute atomic E-state index is 12.6. The van der Waals surface area contributed by atoms with Crippen LogP contribution in [0.5, 0.6) is 0 Å². The van der Waals surface area contributed by atoms with E-state index in [0.29, 0.717) is 23.8 Å². The maximum atomic E-state index is 12.6. The minimum atomic E-state index is -0.381. The molecule has 1 aliphatic rings. The number of nitrogens with one attached hydrogen (secondary N) is 1. The molecule has 130 valence electrons. The molecule has 1 atom stereocenters. The van der Waals surface area contributed by atoms with Crippen LogP contribution in [0.3, 0.4) is 0 Å². The van der Waals surface area contributed by atoms with Gasteiger partial charge in [0.1, 0.15) is 0 Å². The number of amides is 2. The Balaban J connectivity index is 1.67. The van der Waals surface area contributed by atoms with Gasteiger partial charge in [-0.05, 0) is 43.2 Å². The van der Waals surface area contributed by atoms with Crippen molar-refractivity contribution in [2.24, 2.45) is 5.92 Å². The van der Waals surface area contributed by atoms with Gasteiger partial charge in [-0.2, -0.15) is 0 Å². The van der Waals surface area contributed by atoms with E-state index in [2.05, 4.69) is 10.3 Å². The molecule has 0 bridgehead atoms. The van der Waals surface area contributed by atoms with E-state index in [9.17, 15) is 9.59 Å². The lowest BCUT2D eigenvalue weighted by molar-refractivity contribution is -0.128. The number of hydrogen-bond donors (Lipinski definition) is 1. The number of carbonyl (C=O) groups excluding carboxylic acids is 2. The zero-order valence-electron chi connectivity index (χ0n) is 14.3. The minimum absolute atomic E-state index is 0.0301. The van der Waals surface area contributed by atoms with Gasteiger partial charge in [0.25, 0.3) is 0 Å². The Morgan fingerprint density at radius 2 is 2.16 bits per heavy atom. The number of aromatic nitrogens is 1. The highest BCUT2D eigenvalue weighted by Gasteiger charge is 2.34. The first-order valence-corrected chi connectivity index (χ1v) is 8.57. The Kier molecular flexibility index (Phi) is 5.04. The summed E-state index contributed by atoms with van der Waals surface area (Å²) >= 11 is 6.25. The summed E-state index contributed by atoms with van der Waals surface area (Å²) in [6.45, 7) is 4.68. The fourth-order valence-electron chi connectivity index (χ4n) is 3.09. The fourth-order valence-corrected chi connectivity index (χ4v) is 3.46. The summed E-state index contributed by atoms with van der Waals surface area (Å²) in [5.74, 6) is -0.587. The Morgan fingerprint density at radius 3 is 2.84 bits per heavy atom. The summed E-state index contributed by atoms with van der Waals surface area (Å²) in [5.41, 5.74) is 3.38. The number of carbonyl (C=O) groups is 2. The van der Waals surface area contributed by atoms with Crippen molar-refractivity contribution < 1.29 is 9.59 Å². The van der Waals surface area contributed by atoms with Crippen molar-refractivity contribution >= 4 is 29.1 Å². The molecule has 1 aliphatic heterocycles. The summed E-state index contributed by atoms with van der Waals surface area (Å²) in [4.78, 5) is 30.7. The number of halogens is 1. The number of benzene rings is 1. The third-order valence-electron chi connectivity index (χ3n) is 4.34. The van der Waals surface area contributed by atoms with Gasteiger partial charge < -0.3 is 10.2 Å². The van der Waals surface area contributed by atoms with E-state index in [1.54, 1.807) is 11.1 Å². The van der Waals surface area contributed by atoms with Crippen LogP contribution in [0, 0.1) is 19.8 Å². The standard InChI is InChI=1S/C19H20ClN3O2/c1-12-7-13(2)18(16(20)8-12)22-19(25)14-9-17(24)23(10-14)11-15-5-3-4-6-21-15/h3-8,14H,9-11H2,1-2H3,(H,22,25). The van der Waals surface area contributed by atoms with Crippen molar-refractivity contribution in [3.8, 4) is 0 Å². The molecule has 6 heteroatoms. The SMILES string of the molecule is Cc1cc(C)c(NC(=O)C2CC(=O)N(Cc3ccccn3)C2)c(Cl)c1. The summed E-state index contributed by atoms with van der Waals surface area (Å²) in [7, 11) is 0. The third kappa shape index (κ3) is 3.99. The van der Waals surface area contributed by atoms with Gasteiger partial charge >= 0.3 is 0 Å². The molecule has 1 saturated heterocycles. The van der Waals surface area contributed by atoms with Gasteiger partial charge in [-0.15, -0.1) is 0 Å². The first-order valence-electron chi connectivity index (χ1n) is 8.19. The molecule has 0 radical (unpaired) electrons. The van der Waals surface area contributed by atoms with E-state index < -0.39 is 0 Å².